The van der Waals surface area contributed by atoms with Crippen molar-refractivity contribution in [2.45, 2.75) is 19.4 Å². The fourth-order valence-corrected chi connectivity index (χ4v) is 2.66. The molecule has 5 heteroatoms. The highest BCUT2D eigenvalue weighted by Gasteiger charge is 2.11. The third kappa shape index (κ3) is 3.48. The van der Waals surface area contributed by atoms with Crippen LogP contribution in [-0.2, 0) is 6.42 Å². The number of nitrogen functional groups attached to an aromatic ring is 1. The fraction of sp³-hybridized carbons (Fsp3) is 0.214. The standard InChI is InChI=1S/C14H17N3OS/c1-9(6-10-4-5-19-8-10)17-13-7-11(15)2-3-12(13)14(16)18/h2-5,7-9,17H,6,15H2,1H3,(H2,16,18). The molecule has 0 saturated carbocycles. The maximum absolute atomic E-state index is 11.4. The lowest BCUT2D eigenvalue weighted by molar-refractivity contribution is 0.100. The predicted octanol–water partition coefficient (Wildman–Crippen LogP) is 2.47. The summed E-state index contributed by atoms with van der Waals surface area (Å²) in [4.78, 5) is 11.4. The van der Waals surface area contributed by atoms with Gasteiger partial charge in [0, 0.05) is 17.4 Å². The molecule has 0 fully saturated rings. The van der Waals surface area contributed by atoms with Gasteiger partial charge in [0.1, 0.15) is 0 Å². The number of amides is 1. The Kier molecular flexibility index (Phi) is 4.06. The summed E-state index contributed by atoms with van der Waals surface area (Å²) in [6, 6.07) is 7.35. The Morgan fingerprint density at radius 3 is 2.84 bits per heavy atom. The SMILES string of the molecule is CC(Cc1ccsc1)Nc1cc(N)ccc1C(N)=O. The lowest BCUT2D eigenvalue weighted by atomic mass is 10.1. The van der Waals surface area contributed by atoms with Crippen molar-refractivity contribution in [2.24, 2.45) is 5.73 Å². The molecule has 0 aliphatic carbocycles. The number of nitrogens with two attached hydrogens (primary N) is 2. The molecule has 1 amide bonds. The van der Waals surface area contributed by atoms with Crippen molar-refractivity contribution in [2.75, 3.05) is 11.1 Å². The minimum absolute atomic E-state index is 0.189. The van der Waals surface area contributed by atoms with Crippen LogP contribution in [0.15, 0.2) is 35.0 Å². The van der Waals surface area contributed by atoms with Crippen molar-refractivity contribution < 1.29 is 4.79 Å². The van der Waals surface area contributed by atoms with Gasteiger partial charge in [-0.15, -0.1) is 0 Å². The second kappa shape index (κ2) is 5.75. The molecule has 0 saturated heterocycles. The quantitative estimate of drug-likeness (QED) is 0.733. The summed E-state index contributed by atoms with van der Waals surface area (Å²) < 4.78 is 0. The lowest BCUT2D eigenvalue weighted by Crippen LogP contribution is -2.21. The highest BCUT2D eigenvalue weighted by Crippen LogP contribution is 2.21. The Bertz CT molecular complexity index is 566. The molecule has 100 valence electrons. The second-order valence-electron chi connectivity index (χ2n) is 4.55. The molecule has 0 radical (unpaired) electrons. The summed E-state index contributed by atoms with van der Waals surface area (Å²) in [5.41, 5.74) is 14.1. The number of nitrogens with one attached hydrogen (secondary N) is 1. The van der Waals surface area contributed by atoms with E-state index in [9.17, 15) is 4.79 Å². The number of hydrogen-bond donors (Lipinski definition) is 3. The van der Waals surface area contributed by atoms with Crippen LogP contribution in [0.4, 0.5) is 11.4 Å². The summed E-state index contributed by atoms with van der Waals surface area (Å²) >= 11 is 1.68. The molecule has 2 rings (SSSR count). The minimum atomic E-state index is -0.453. The van der Waals surface area contributed by atoms with E-state index in [0.717, 1.165) is 6.42 Å². The van der Waals surface area contributed by atoms with E-state index >= 15 is 0 Å². The Labute approximate surface area is 116 Å². The number of carbonyl (C=O) groups excluding carboxylic acids is 1. The van der Waals surface area contributed by atoms with Gasteiger partial charge in [-0.05, 0) is 53.9 Å². The smallest absolute Gasteiger partial charge is 0.250 e. The first kappa shape index (κ1) is 13.4. The van der Waals surface area contributed by atoms with Crippen LogP contribution in [0.3, 0.4) is 0 Å². The average Bonchev–Trinajstić information content (AvgIpc) is 2.81. The van der Waals surface area contributed by atoms with Crippen LogP contribution in [0.1, 0.15) is 22.8 Å². The molecule has 0 aliphatic heterocycles. The summed E-state index contributed by atoms with van der Waals surface area (Å²) in [5, 5.41) is 7.47. The van der Waals surface area contributed by atoms with E-state index in [0.29, 0.717) is 16.9 Å². The number of thiophene rings is 1. The molecule has 1 aromatic carbocycles. The van der Waals surface area contributed by atoms with E-state index in [1.165, 1.54) is 5.56 Å². The van der Waals surface area contributed by atoms with Gasteiger partial charge >= 0.3 is 0 Å². The first-order chi connectivity index (χ1) is 9.06. The second-order valence-corrected chi connectivity index (χ2v) is 5.33. The van der Waals surface area contributed by atoms with E-state index < -0.39 is 5.91 Å². The van der Waals surface area contributed by atoms with E-state index in [1.807, 2.05) is 0 Å². The Balaban J connectivity index is 2.13. The fourth-order valence-electron chi connectivity index (χ4n) is 1.97. The summed E-state index contributed by atoms with van der Waals surface area (Å²) in [7, 11) is 0. The molecule has 1 aromatic heterocycles. The number of primary amides is 1. The van der Waals surface area contributed by atoms with Crippen molar-refractivity contribution in [3.8, 4) is 0 Å². The average molecular weight is 275 g/mol. The normalized spacial score (nSPS) is 12.1. The first-order valence-corrected chi connectivity index (χ1v) is 6.97. The molecule has 0 bridgehead atoms. The van der Waals surface area contributed by atoms with Crippen LogP contribution in [0.2, 0.25) is 0 Å². The van der Waals surface area contributed by atoms with Crippen molar-refractivity contribution in [1.29, 1.82) is 0 Å². The van der Waals surface area contributed by atoms with Crippen molar-refractivity contribution in [3.05, 3.63) is 46.2 Å². The first-order valence-electron chi connectivity index (χ1n) is 6.03. The number of benzene rings is 1. The van der Waals surface area contributed by atoms with Gasteiger partial charge in [0.2, 0.25) is 0 Å². The Morgan fingerprint density at radius 2 is 2.21 bits per heavy atom. The number of carbonyl (C=O) groups is 1. The van der Waals surface area contributed by atoms with E-state index in [1.54, 1.807) is 29.5 Å². The van der Waals surface area contributed by atoms with Crippen LogP contribution < -0.4 is 16.8 Å². The van der Waals surface area contributed by atoms with Gasteiger partial charge in [0.05, 0.1) is 5.56 Å². The molecule has 1 unspecified atom stereocenters. The van der Waals surface area contributed by atoms with Gasteiger partial charge in [-0.2, -0.15) is 11.3 Å². The maximum atomic E-state index is 11.4. The molecule has 5 N–H and O–H groups in total. The number of rotatable bonds is 5. The zero-order valence-corrected chi connectivity index (χ0v) is 11.5. The number of anilines is 2. The Morgan fingerprint density at radius 1 is 1.42 bits per heavy atom. The molecule has 4 nitrogen and oxygen atoms in total. The van der Waals surface area contributed by atoms with E-state index in [-0.39, 0.29) is 6.04 Å². The third-order valence-corrected chi connectivity index (χ3v) is 3.57. The molecule has 19 heavy (non-hydrogen) atoms. The zero-order chi connectivity index (χ0) is 13.8. The zero-order valence-electron chi connectivity index (χ0n) is 10.7. The maximum Gasteiger partial charge on any atom is 0.250 e. The number of hydrogen-bond acceptors (Lipinski definition) is 4. The molecule has 2 aromatic rings. The van der Waals surface area contributed by atoms with E-state index in [4.69, 9.17) is 11.5 Å². The van der Waals surface area contributed by atoms with Gasteiger partial charge in [-0.25, -0.2) is 0 Å². The topological polar surface area (TPSA) is 81.1 Å². The van der Waals surface area contributed by atoms with E-state index in [2.05, 4.69) is 29.1 Å². The van der Waals surface area contributed by atoms with Crippen molar-refractivity contribution in [1.82, 2.24) is 0 Å². The lowest BCUT2D eigenvalue weighted by Gasteiger charge is -2.17. The Hall–Kier alpha value is -2.01. The van der Waals surface area contributed by atoms with Gasteiger partial charge < -0.3 is 16.8 Å². The van der Waals surface area contributed by atoms with Crippen LogP contribution in [0.25, 0.3) is 0 Å². The molecular formula is C14H17N3OS. The predicted molar refractivity (Wildman–Crippen MR) is 80.5 cm³/mol. The summed E-state index contributed by atoms with van der Waals surface area (Å²) in [5.74, 6) is -0.453. The molecule has 1 heterocycles. The van der Waals surface area contributed by atoms with Gasteiger partial charge in [-0.3, -0.25) is 4.79 Å². The van der Waals surface area contributed by atoms with Gasteiger partial charge in [-0.1, -0.05) is 0 Å². The van der Waals surface area contributed by atoms with Gasteiger partial charge in [0.25, 0.3) is 5.91 Å². The van der Waals surface area contributed by atoms with Crippen molar-refractivity contribution in [3.63, 3.8) is 0 Å². The molecule has 0 spiro atoms. The summed E-state index contributed by atoms with van der Waals surface area (Å²) in [6.45, 7) is 2.06. The van der Waals surface area contributed by atoms with Crippen LogP contribution in [0.5, 0.6) is 0 Å². The molecular weight excluding hydrogens is 258 g/mol. The highest BCUT2D eigenvalue weighted by molar-refractivity contribution is 7.07. The van der Waals surface area contributed by atoms with Gasteiger partial charge in [0.15, 0.2) is 0 Å². The molecule has 1 atom stereocenters. The van der Waals surface area contributed by atoms with Crippen molar-refractivity contribution >= 4 is 28.6 Å². The van der Waals surface area contributed by atoms with Crippen LogP contribution >= 0.6 is 11.3 Å². The highest BCUT2D eigenvalue weighted by atomic mass is 32.1. The monoisotopic (exact) mass is 275 g/mol. The largest absolute Gasteiger partial charge is 0.399 e. The minimum Gasteiger partial charge on any atom is -0.399 e. The molecule has 0 aliphatic rings. The van der Waals surface area contributed by atoms with Crippen LogP contribution in [-0.4, -0.2) is 11.9 Å². The van der Waals surface area contributed by atoms with Crippen LogP contribution in [0, 0.1) is 0 Å². The third-order valence-electron chi connectivity index (χ3n) is 2.83. The summed E-state index contributed by atoms with van der Waals surface area (Å²) in [6.07, 6.45) is 0.885.